The summed E-state index contributed by atoms with van der Waals surface area (Å²) in [6.07, 6.45) is 6.19. The number of nitrogens with zero attached hydrogens (tertiary/aromatic N) is 3. The monoisotopic (exact) mass is 402 g/mol. The van der Waals surface area contributed by atoms with Crippen LogP contribution in [0, 0.1) is 9.49 Å². The number of rotatable bonds is 5. The van der Waals surface area contributed by atoms with E-state index in [4.69, 9.17) is 9.97 Å². The van der Waals surface area contributed by atoms with Gasteiger partial charge < -0.3 is 10.2 Å². The van der Waals surface area contributed by atoms with Gasteiger partial charge in [-0.1, -0.05) is 26.7 Å². The van der Waals surface area contributed by atoms with Gasteiger partial charge in [-0.15, -0.1) is 0 Å². The van der Waals surface area contributed by atoms with Gasteiger partial charge in [-0.25, -0.2) is 4.98 Å². The molecule has 1 aliphatic rings. The lowest BCUT2D eigenvalue weighted by Crippen LogP contribution is -2.27. The van der Waals surface area contributed by atoms with E-state index in [1.807, 2.05) is 0 Å². The molecule has 0 atom stereocenters. The van der Waals surface area contributed by atoms with E-state index in [0.29, 0.717) is 5.92 Å². The van der Waals surface area contributed by atoms with Crippen LogP contribution in [0.5, 0.6) is 0 Å². The fourth-order valence-electron chi connectivity index (χ4n) is 2.70. The Morgan fingerprint density at radius 3 is 2.38 bits per heavy atom. The molecule has 0 aromatic carbocycles. The maximum Gasteiger partial charge on any atom is 0.227 e. The highest BCUT2D eigenvalue weighted by molar-refractivity contribution is 14.1. The SMILES string of the molecule is CCNc1nc(N2CCCCCC2)nc(CC(C)C)c1I. The fraction of sp³-hybridized carbons (Fsp3) is 0.750. The van der Waals surface area contributed by atoms with Crippen molar-refractivity contribution in [3.8, 4) is 0 Å². The molecule has 2 rings (SSSR count). The molecule has 1 saturated heterocycles. The molecule has 4 nitrogen and oxygen atoms in total. The maximum absolute atomic E-state index is 4.89. The first kappa shape index (κ1) is 16.8. The summed E-state index contributed by atoms with van der Waals surface area (Å²) < 4.78 is 1.18. The van der Waals surface area contributed by atoms with E-state index < -0.39 is 0 Å². The van der Waals surface area contributed by atoms with Gasteiger partial charge in [-0.05, 0) is 54.7 Å². The summed E-state index contributed by atoms with van der Waals surface area (Å²) in [7, 11) is 0. The Labute approximate surface area is 142 Å². The second kappa shape index (κ2) is 8.15. The minimum atomic E-state index is 0.611. The zero-order valence-corrected chi connectivity index (χ0v) is 15.6. The van der Waals surface area contributed by atoms with E-state index in [2.05, 4.69) is 53.6 Å². The first-order chi connectivity index (χ1) is 10.1. The second-order valence-corrected chi connectivity index (χ2v) is 7.24. The van der Waals surface area contributed by atoms with Crippen molar-refractivity contribution in [2.24, 2.45) is 5.92 Å². The van der Waals surface area contributed by atoms with Gasteiger partial charge in [-0.3, -0.25) is 0 Å². The Kier molecular flexibility index (Phi) is 6.51. The summed E-state index contributed by atoms with van der Waals surface area (Å²) >= 11 is 2.39. The lowest BCUT2D eigenvalue weighted by atomic mass is 10.1. The molecule has 0 radical (unpaired) electrons. The lowest BCUT2D eigenvalue weighted by molar-refractivity contribution is 0.629. The molecule has 2 heterocycles. The smallest absolute Gasteiger partial charge is 0.227 e. The Bertz CT molecular complexity index is 454. The number of halogens is 1. The minimum Gasteiger partial charge on any atom is -0.369 e. The summed E-state index contributed by atoms with van der Waals surface area (Å²) in [6, 6.07) is 0. The number of anilines is 2. The molecule has 0 spiro atoms. The Morgan fingerprint density at radius 1 is 1.14 bits per heavy atom. The Morgan fingerprint density at radius 2 is 1.81 bits per heavy atom. The third-order valence-corrected chi connectivity index (χ3v) is 4.88. The third-order valence-electron chi connectivity index (χ3n) is 3.74. The maximum atomic E-state index is 4.89. The number of hydrogen-bond acceptors (Lipinski definition) is 4. The zero-order chi connectivity index (χ0) is 15.2. The number of hydrogen-bond donors (Lipinski definition) is 1. The standard InChI is InChI=1S/C16H27IN4/c1-4-18-15-14(17)13(11-12(2)3)19-16(20-15)21-9-7-5-6-8-10-21/h12H,4-11H2,1-3H3,(H,18,19,20). The summed E-state index contributed by atoms with van der Waals surface area (Å²) in [5.41, 5.74) is 1.19. The molecule has 0 bridgehead atoms. The molecular weight excluding hydrogens is 375 g/mol. The van der Waals surface area contributed by atoms with Crippen LogP contribution in [-0.4, -0.2) is 29.6 Å². The quantitative estimate of drug-likeness (QED) is 0.754. The first-order valence-electron chi connectivity index (χ1n) is 8.17. The van der Waals surface area contributed by atoms with Crippen LogP contribution in [0.3, 0.4) is 0 Å². The third kappa shape index (κ3) is 4.69. The van der Waals surface area contributed by atoms with Crippen LogP contribution in [0.25, 0.3) is 0 Å². The van der Waals surface area contributed by atoms with E-state index >= 15 is 0 Å². The van der Waals surface area contributed by atoms with Crippen LogP contribution in [0.15, 0.2) is 0 Å². The number of aromatic nitrogens is 2. The summed E-state index contributed by atoms with van der Waals surface area (Å²) in [6.45, 7) is 9.69. The minimum absolute atomic E-state index is 0.611. The fourth-order valence-corrected chi connectivity index (χ4v) is 3.35. The predicted octanol–water partition coefficient (Wildman–Crippen LogP) is 4.09. The molecular formula is C16H27IN4. The molecule has 1 N–H and O–H groups in total. The molecule has 0 amide bonds. The predicted molar refractivity (Wildman–Crippen MR) is 98.1 cm³/mol. The van der Waals surface area contributed by atoms with E-state index in [-0.39, 0.29) is 0 Å². The number of nitrogens with one attached hydrogen (secondary N) is 1. The van der Waals surface area contributed by atoms with Crippen LogP contribution >= 0.6 is 22.6 Å². The van der Waals surface area contributed by atoms with Gasteiger partial charge in [0.05, 0.1) is 9.26 Å². The first-order valence-corrected chi connectivity index (χ1v) is 9.25. The highest BCUT2D eigenvalue weighted by Crippen LogP contribution is 2.25. The largest absolute Gasteiger partial charge is 0.369 e. The average Bonchev–Trinajstić information content (AvgIpc) is 2.72. The average molecular weight is 402 g/mol. The highest BCUT2D eigenvalue weighted by atomic mass is 127. The van der Waals surface area contributed by atoms with Crippen LogP contribution in [-0.2, 0) is 6.42 Å². The molecule has 1 aromatic heterocycles. The van der Waals surface area contributed by atoms with Gasteiger partial charge >= 0.3 is 0 Å². The molecule has 1 fully saturated rings. The van der Waals surface area contributed by atoms with Crippen molar-refractivity contribution in [2.45, 2.75) is 52.9 Å². The zero-order valence-electron chi connectivity index (χ0n) is 13.5. The van der Waals surface area contributed by atoms with Gasteiger partial charge in [0.2, 0.25) is 5.95 Å². The van der Waals surface area contributed by atoms with E-state index in [1.54, 1.807) is 0 Å². The van der Waals surface area contributed by atoms with Crippen molar-refractivity contribution in [2.75, 3.05) is 29.9 Å². The summed E-state index contributed by atoms with van der Waals surface area (Å²) in [5.74, 6) is 2.53. The van der Waals surface area contributed by atoms with Crippen LogP contribution < -0.4 is 10.2 Å². The highest BCUT2D eigenvalue weighted by Gasteiger charge is 2.18. The van der Waals surface area contributed by atoms with Crippen molar-refractivity contribution in [1.29, 1.82) is 0 Å². The van der Waals surface area contributed by atoms with Crippen molar-refractivity contribution in [1.82, 2.24) is 9.97 Å². The normalized spacial score (nSPS) is 16.1. The molecule has 1 aliphatic heterocycles. The van der Waals surface area contributed by atoms with Gasteiger partial charge in [0, 0.05) is 19.6 Å². The topological polar surface area (TPSA) is 41.1 Å². The van der Waals surface area contributed by atoms with Gasteiger partial charge in [0.1, 0.15) is 5.82 Å². The van der Waals surface area contributed by atoms with Crippen molar-refractivity contribution in [3.05, 3.63) is 9.26 Å². The van der Waals surface area contributed by atoms with Crippen LogP contribution in [0.1, 0.15) is 52.1 Å². The van der Waals surface area contributed by atoms with Crippen LogP contribution in [0.2, 0.25) is 0 Å². The van der Waals surface area contributed by atoms with E-state index in [1.165, 1.54) is 34.9 Å². The molecule has 21 heavy (non-hydrogen) atoms. The summed E-state index contributed by atoms with van der Waals surface area (Å²) in [5, 5.41) is 3.40. The van der Waals surface area contributed by atoms with Gasteiger partial charge in [0.25, 0.3) is 0 Å². The molecule has 0 aliphatic carbocycles. The van der Waals surface area contributed by atoms with Gasteiger partial charge in [0.15, 0.2) is 0 Å². The lowest BCUT2D eigenvalue weighted by Gasteiger charge is -2.23. The molecule has 1 aromatic rings. The molecule has 118 valence electrons. The van der Waals surface area contributed by atoms with Crippen molar-refractivity contribution in [3.63, 3.8) is 0 Å². The van der Waals surface area contributed by atoms with Gasteiger partial charge in [-0.2, -0.15) is 4.98 Å². The Hall–Kier alpha value is -0.590. The molecule has 0 unspecified atom stereocenters. The Balaban J connectivity index is 2.32. The molecule has 5 heteroatoms. The van der Waals surface area contributed by atoms with E-state index in [9.17, 15) is 0 Å². The van der Waals surface area contributed by atoms with Crippen LogP contribution in [0.4, 0.5) is 11.8 Å². The van der Waals surface area contributed by atoms with Crippen molar-refractivity contribution >= 4 is 34.4 Å². The second-order valence-electron chi connectivity index (χ2n) is 6.16. The van der Waals surface area contributed by atoms with E-state index in [0.717, 1.165) is 37.8 Å². The van der Waals surface area contributed by atoms with Crippen molar-refractivity contribution < 1.29 is 0 Å². The summed E-state index contributed by atoms with van der Waals surface area (Å²) in [4.78, 5) is 12.0. The molecule has 0 saturated carbocycles.